The molecule has 1 N–H and O–H groups in total. The molecule has 0 fully saturated rings. The van der Waals surface area contributed by atoms with E-state index in [1.807, 2.05) is 30.3 Å². The highest BCUT2D eigenvalue weighted by molar-refractivity contribution is 7.99. The number of amides is 1. The van der Waals surface area contributed by atoms with Crippen molar-refractivity contribution >= 4 is 23.4 Å². The van der Waals surface area contributed by atoms with Gasteiger partial charge in [0.15, 0.2) is 0 Å². The quantitative estimate of drug-likeness (QED) is 0.721. The van der Waals surface area contributed by atoms with Gasteiger partial charge in [-0.15, -0.1) is 5.10 Å². The molecule has 24 heavy (non-hydrogen) atoms. The van der Waals surface area contributed by atoms with E-state index >= 15 is 0 Å². The Morgan fingerprint density at radius 1 is 1.21 bits per heavy atom. The normalized spacial score (nSPS) is 10.6. The maximum atomic E-state index is 13.5. The minimum absolute atomic E-state index is 0.114. The number of benzene rings is 2. The number of nitrogens with zero attached hydrogens (tertiary/aromatic N) is 4. The van der Waals surface area contributed by atoms with Gasteiger partial charge in [-0.1, -0.05) is 36.0 Å². The topological polar surface area (TPSA) is 72.7 Å². The Labute approximate surface area is 142 Å². The zero-order valence-electron chi connectivity index (χ0n) is 12.8. The second kappa shape index (κ2) is 7.22. The van der Waals surface area contributed by atoms with Gasteiger partial charge in [-0.05, 0) is 41.6 Å². The summed E-state index contributed by atoms with van der Waals surface area (Å²) in [6, 6.07) is 14.0. The zero-order valence-corrected chi connectivity index (χ0v) is 13.6. The van der Waals surface area contributed by atoms with Crippen LogP contribution in [0.4, 0.5) is 10.1 Å². The number of anilines is 1. The van der Waals surface area contributed by atoms with Crippen molar-refractivity contribution in [2.45, 2.75) is 12.1 Å². The number of aromatic nitrogens is 4. The number of halogens is 1. The van der Waals surface area contributed by atoms with E-state index in [9.17, 15) is 9.18 Å². The van der Waals surface area contributed by atoms with Crippen molar-refractivity contribution < 1.29 is 9.18 Å². The van der Waals surface area contributed by atoms with Gasteiger partial charge in [0.25, 0.3) is 0 Å². The van der Waals surface area contributed by atoms with Crippen molar-refractivity contribution in [3.63, 3.8) is 0 Å². The van der Waals surface area contributed by atoms with Crippen LogP contribution in [0.15, 0.2) is 53.7 Å². The number of hydrogen-bond acceptors (Lipinski definition) is 5. The van der Waals surface area contributed by atoms with Gasteiger partial charge in [0, 0.05) is 11.3 Å². The number of rotatable bonds is 5. The minimum atomic E-state index is -0.353. The molecule has 1 amide bonds. The van der Waals surface area contributed by atoms with Crippen LogP contribution in [0.1, 0.15) is 5.56 Å². The van der Waals surface area contributed by atoms with E-state index in [0.717, 1.165) is 5.69 Å². The smallest absolute Gasteiger partial charge is 0.234 e. The Bertz CT molecular complexity index is 853. The number of carbonyl (C=O) groups excluding carboxylic acids is 1. The number of tetrazole rings is 1. The lowest BCUT2D eigenvalue weighted by atomic mass is 10.2. The van der Waals surface area contributed by atoms with Crippen LogP contribution in [0.2, 0.25) is 0 Å². The van der Waals surface area contributed by atoms with Crippen LogP contribution in [-0.4, -0.2) is 31.9 Å². The van der Waals surface area contributed by atoms with Crippen molar-refractivity contribution in [3.8, 4) is 5.69 Å². The molecule has 1 heterocycles. The summed E-state index contributed by atoms with van der Waals surface area (Å²) in [6.07, 6.45) is 0. The Morgan fingerprint density at radius 2 is 2.00 bits per heavy atom. The predicted molar refractivity (Wildman–Crippen MR) is 89.6 cm³/mol. The summed E-state index contributed by atoms with van der Waals surface area (Å²) in [7, 11) is 0. The summed E-state index contributed by atoms with van der Waals surface area (Å²) in [5.41, 5.74) is 1.68. The van der Waals surface area contributed by atoms with Gasteiger partial charge >= 0.3 is 0 Å². The van der Waals surface area contributed by atoms with Gasteiger partial charge < -0.3 is 5.32 Å². The molecular formula is C16H14FN5OS. The second-order valence-electron chi connectivity index (χ2n) is 4.96. The van der Waals surface area contributed by atoms with E-state index in [-0.39, 0.29) is 17.5 Å². The number of carbonyl (C=O) groups is 1. The average Bonchev–Trinajstić information content (AvgIpc) is 3.06. The first-order valence-corrected chi connectivity index (χ1v) is 8.15. The second-order valence-corrected chi connectivity index (χ2v) is 5.90. The molecule has 0 aliphatic rings. The largest absolute Gasteiger partial charge is 0.325 e. The maximum absolute atomic E-state index is 13.5. The Balaban J connectivity index is 1.65. The summed E-state index contributed by atoms with van der Waals surface area (Å²) < 4.78 is 15.1. The van der Waals surface area contributed by atoms with E-state index in [0.29, 0.717) is 16.4 Å². The SMILES string of the molecule is Cc1c(F)cccc1NC(=O)CSc1nnnn1-c1ccccc1. The van der Waals surface area contributed by atoms with Crippen molar-refractivity contribution in [2.75, 3.05) is 11.1 Å². The van der Waals surface area contributed by atoms with Crippen molar-refractivity contribution in [1.82, 2.24) is 20.2 Å². The van der Waals surface area contributed by atoms with Crippen LogP contribution in [0.5, 0.6) is 0 Å². The molecule has 2 aromatic carbocycles. The molecule has 1 aromatic heterocycles. The molecular weight excluding hydrogens is 329 g/mol. The lowest BCUT2D eigenvalue weighted by Crippen LogP contribution is -2.15. The average molecular weight is 343 g/mol. The molecule has 0 radical (unpaired) electrons. The number of para-hydroxylation sites is 1. The lowest BCUT2D eigenvalue weighted by Gasteiger charge is -2.08. The molecule has 3 rings (SSSR count). The number of hydrogen-bond donors (Lipinski definition) is 1. The molecule has 0 atom stereocenters. The maximum Gasteiger partial charge on any atom is 0.234 e. The molecule has 0 saturated carbocycles. The van der Waals surface area contributed by atoms with E-state index in [1.165, 1.54) is 17.8 Å². The van der Waals surface area contributed by atoms with E-state index < -0.39 is 0 Å². The number of thioether (sulfide) groups is 1. The molecule has 3 aromatic rings. The molecule has 8 heteroatoms. The summed E-state index contributed by atoms with van der Waals surface area (Å²) in [4.78, 5) is 12.1. The highest BCUT2D eigenvalue weighted by Crippen LogP contribution is 2.20. The zero-order chi connectivity index (χ0) is 16.9. The highest BCUT2D eigenvalue weighted by Gasteiger charge is 2.12. The lowest BCUT2D eigenvalue weighted by molar-refractivity contribution is -0.113. The monoisotopic (exact) mass is 343 g/mol. The standard InChI is InChI=1S/C16H14FN5OS/c1-11-13(17)8-5-9-14(11)18-15(23)10-24-16-19-20-21-22(16)12-6-3-2-4-7-12/h2-9H,10H2,1H3,(H,18,23). The van der Waals surface area contributed by atoms with Crippen molar-refractivity contribution in [3.05, 3.63) is 59.9 Å². The Hall–Kier alpha value is -2.74. The van der Waals surface area contributed by atoms with E-state index in [4.69, 9.17) is 0 Å². The molecule has 6 nitrogen and oxygen atoms in total. The summed E-state index contributed by atoms with van der Waals surface area (Å²) in [5.74, 6) is -0.492. The molecule has 0 unspecified atom stereocenters. The fourth-order valence-electron chi connectivity index (χ4n) is 2.06. The van der Waals surface area contributed by atoms with Gasteiger partial charge in [0.2, 0.25) is 11.1 Å². The summed E-state index contributed by atoms with van der Waals surface area (Å²) in [6.45, 7) is 1.62. The van der Waals surface area contributed by atoms with E-state index in [2.05, 4.69) is 20.8 Å². The van der Waals surface area contributed by atoms with Gasteiger partial charge in [-0.3, -0.25) is 4.79 Å². The van der Waals surface area contributed by atoms with Crippen LogP contribution in [0.3, 0.4) is 0 Å². The van der Waals surface area contributed by atoms with Gasteiger partial charge in [0.1, 0.15) is 5.82 Å². The molecule has 0 saturated heterocycles. The van der Waals surface area contributed by atoms with Gasteiger partial charge in [-0.25, -0.2) is 4.39 Å². The van der Waals surface area contributed by atoms with Crippen molar-refractivity contribution in [2.24, 2.45) is 0 Å². The fraction of sp³-hybridized carbons (Fsp3) is 0.125. The predicted octanol–water partition coefficient (Wildman–Crippen LogP) is 2.84. The van der Waals surface area contributed by atoms with Crippen LogP contribution >= 0.6 is 11.8 Å². The van der Waals surface area contributed by atoms with E-state index in [1.54, 1.807) is 23.7 Å². The Morgan fingerprint density at radius 3 is 2.79 bits per heavy atom. The van der Waals surface area contributed by atoms with Crippen LogP contribution < -0.4 is 5.32 Å². The Kier molecular flexibility index (Phi) is 4.85. The first kappa shape index (κ1) is 16.1. The molecule has 0 aliphatic heterocycles. The molecule has 122 valence electrons. The first-order chi connectivity index (χ1) is 11.6. The third-order valence-electron chi connectivity index (χ3n) is 3.32. The fourth-order valence-corrected chi connectivity index (χ4v) is 2.75. The molecule has 0 bridgehead atoms. The minimum Gasteiger partial charge on any atom is -0.325 e. The molecule has 0 aliphatic carbocycles. The van der Waals surface area contributed by atoms with Crippen LogP contribution in [-0.2, 0) is 4.79 Å². The van der Waals surface area contributed by atoms with Crippen LogP contribution in [0.25, 0.3) is 5.69 Å². The third kappa shape index (κ3) is 3.60. The highest BCUT2D eigenvalue weighted by atomic mass is 32.2. The van der Waals surface area contributed by atoms with Crippen LogP contribution in [0, 0.1) is 12.7 Å². The number of nitrogens with one attached hydrogen (secondary N) is 1. The summed E-state index contributed by atoms with van der Waals surface area (Å²) in [5, 5.41) is 14.7. The molecule has 0 spiro atoms. The first-order valence-electron chi connectivity index (χ1n) is 7.16. The third-order valence-corrected chi connectivity index (χ3v) is 4.24. The summed E-state index contributed by atoms with van der Waals surface area (Å²) >= 11 is 1.21. The van der Waals surface area contributed by atoms with Gasteiger partial charge in [0.05, 0.1) is 11.4 Å². The van der Waals surface area contributed by atoms with Crippen molar-refractivity contribution in [1.29, 1.82) is 0 Å². The van der Waals surface area contributed by atoms with Gasteiger partial charge in [-0.2, -0.15) is 4.68 Å².